The van der Waals surface area contributed by atoms with Crippen molar-refractivity contribution in [3.63, 3.8) is 0 Å². The minimum atomic E-state index is -0.290. The number of ether oxygens (including phenoxy) is 2. The summed E-state index contributed by atoms with van der Waals surface area (Å²) in [5.74, 6) is 0. The van der Waals surface area contributed by atoms with Gasteiger partial charge in [0.2, 0.25) is 0 Å². The molecule has 0 aromatic carbocycles. The van der Waals surface area contributed by atoms with E-state index in [2.05, 4.69) is 4.98 Å². The second-order valence-corrected chi connectivity index (χ2v) is 4.19. The largest absolute Gasteiger partial charge is 0.378 e. The molecular weight excluding hydrogens is 204 g/mol. The second-order valence-electron chi connectivity index (χ2n) is 4.19. The molecule has 1 unspecified atom stereocenters. The molecule has 1 fully saturated rings. The van der Waals surface area contributed by atoms with Crippen LogP contribution in [0.25, 0.3) is 0 Å². The van der Waals surface area contributed by atoms with Gasteiger partial charge in [0.25, 0.3) is 0 Å². The minimum Gasteiger partial charge on any atom is -0.378 e. The summed E-state index contributed by atoms with van der Waals surface area (Å²) in [5, 5.41) is 0. The van der Waals surface area contributed by atoms with Gasteiger partial charge in [-0.05, 0) is 30.5 Å². The summed E-state index contributed by atoms with van der Waals surface area (Å²) in [6.45, 7) is 2.51. The maximum absolute atomic E-state index is 5.93. The maximum Gasteiger partial charge on any atom is 0.104 e. The molecule has 2 N–H and O–H groups in total. The molecule has 0 spiro atoms. The minimum absolute atomic E-state index is 0.290. The van der Waals surface area contributed by atoms with Gasteiger partial charge >= 0.3 is 0 Å². The van der Waals surface area contributed by atoms with E-state index in [-0.39, 0.29) is 5.60 Å². The molecule has 1 saturated heterocycles. The number of hydrogen-bond acceptors (Lipinski definition) is 4. The molecule has 2 heterocycles. The van der Waals surface area contributed by atoms with Crippen molar-refractivity contribution in [3.8, 4) is 0 Å². The lowest BCUT2D eigenvalue weighted by molar-refractivity contribution is -0.130. The topological polar surface area (TPSA) is 57.4 Å². The smallest absolute Gasteiger partial charge is 0.104 e. The Morgan fingerprint density at radius 3 is 2.88 bits per heavy atom. The average Bonchev–Trinajstić information content (AvgIpc) is 2.39. The fourth-order valence-electron chi connectivity index (χ4n) is 1.88. The van der Waals surface area contributed by atoms with Crippen molar-refractivity contribution in [2.45, 2.75) is 25.0 Å². The van der Waals surface area contributed by atoms with Gasteiger partial charge in [-0.2, -0.15) is 0 Å². The molecule has 0 saturated carbocycles. The zero-order valence-electron chi connectivity index (χ0n) is 9.39. The van der Waals surface area contributed by atoms with Crippen molar-refractivity contribution in [2.75, 3.05) is 19.8 Å². The Bertz CT molecular complexity index is 310. The molecule has 0 radical (unpaired) electrons. The molecule has 4 heteroatoms. The van der Waals surface area contributed by atoms with E-state index in [1.165, 1.54) is 0 Å². The fraction of sp³-hybridized carbons (Fsp3) is 0.583. The number of pyridine rings is 1. The number of rotatable bonds is 4. The van der Waals surface area contributed by atoms with Gasteiger partial charge < -0.3 is 15.2 Å². The van der Waals surface area contributed by atoms with Crippen molar-refractivity contribution in [1.82, 2.24) is 4.98 Å². The van der Waals surface area contributed by atoms with Crippen LogP contribution in [0, 0.1) is 0 Å². The second kappa shape index (κ2) is 5.39. The zero-order valence-corrected chi connectivity index (χ0v) is 9.39. The van der Waals surface area contributed by atoms with Gasteiger partial charge in [0.05, 0.1) is 13.2 Å². The quantitative estimate of drug-likeness (QED) is 0.829. The number of nitrogens with zero attached hydrogens (tertiary/aromatic N) is 1. The lowest BCUT2D eigenvalue weighted by Crippen LogP contribution is -2.47. The summed E-state index contributed by atoms with van der Waals surface area (Å²) in [6, 6.07) is 3.90. The highest BCUT2D eigenvalue weighted by Crippen LogP contribution is 2.23. The van der Waals surface area contributed by atoms with Crippen LogP contribution in [0.5, 0.6) is 0 Å². The highest BCUT2D eigenvalue weighted by Gasteiger charge is 2.32. The molecule has 1 aromatic heterocycles. The van der Waals surface area contributed by atoms with Gasteiger partial charge in [-0.25, -0.2) is 0 Å². The van der Waals surface area contributed by atoms with E-state index in [4.69, 9.17) is 15.2 Å². The van der Waals surface area contributed by atoms with Crippen LogP contribution in [-0.2, 0) is 16.1 Å². The predicted molar refractivity (Wildman–Crippen MR) is 60.9 cm³/mol. The van der Waals surface area contributed by atoms with Gasteiger partial charge in [0.15, 0.2) is 0 Å². The normalized spacial score (nSPS) is 25.6. The van der Waals surface area contributed by atoms with Crippen LogP contribution < -0.4 is 5.73 Å². The average molecular weight is 222 g/mol. The summed E-state index contributed by atoms with van der Waals surface area (Å²) in [5.41, 5.74) is 6.61. The molecule has 0 aliphatic carbocycles. The van der Waals surface area contributed by atoms with Gasteiger partial charge in [-0.3, -0.25) is 4.98 Å². The van der Waals surface area contributed by atoms with Gasteiger partial charge in [0, 0.05) is 25.5 Å². The highest BCUT2D eigenvalue weighted by atomic mass is 16.5. The molecule has 0 amide bonds. The van der Waals surface area contributed by atoms with E-state index in [1.54, 1.807) is 12.4 Å². The Morgan fingerprint density at radius 2 is 2.25 bits per heavy atom. The van der Waals surface area contributed by atoms with Crippen LogP contribution in [0.1, 0.15) is 18.4 Å². The predicted octanol–water partition coefficient (Wildman–Crippen LogP) is 1.11. The van der Waals surface area contributed by atoms with Crippen LogP contribution >= 0.6 is 0 Å². The molecule has 2 rings (SSSR count). The van der Waals surface area contributed by atoms with E-state index < -0.39 is 0 Å². The summed E-state index contributed by atoms with van der Waals surface area (Å²) < 4.78 is 11.4. The molecule has 4 nitrogen and oxygen atoms in total. The van der Waals surface area contributed by atoms with E-state index >= 15 is 0 Å². The van der Waals surface area contributed by atoms with Crippen molar-refractivity contribution in [3.05, 3.63) is 30.1 Å². The first-order chi connectivity index (χ1) is 7.85. The number of nitrogens with two attached hydrogens (primary N) is 1. The Morgan fingerprint density at radius 1 is 1.44 bits per heavy atom. The summed E-state index contributed by atoms with van der Waals surface area (Å²) in [7, 11) is 0. The maximum atomic E-state index is 5.93. The van der Waals surface area contributed by atoms with E-state index in [1.807, 2.05) is 12.1 Å². The third kappa shape index (κ3) is 2.78. The third-order valence-corrected chi connectivity index (χ3v) is 2.95. The molecule has 1 aliphatic heterocycles. The molecule has 1 aliphatic rings. The van der Waals surface area contributed by atoms with Crippen molar-refractivity contribution >= 4 is 0 Å². The molecule has 16 heavy (non-hydrogen) atoms. The Kier molecular flexibility index (Phi) is 3.88. The zero-order chi connectivity index (χ0) is 11.3. The molecule has 1 atom stereocenters. The molecular formula is C12H18N2O2. The Balaban J connectivity index is 1.92. The Labute approximate surface area is 95.8 Å². The van der Waals surface area contributed by atoms with Crippen molar-refractivity contribution in [1.29, 1.82) is 0 Å². The van der Waals surface area contributed by atoms with Crippen LogP contribution in [0.4, 0.5) is 0 Å². The molecule has 1 aromatic rings. The van der Waals surface area contributed by atoms with Crippen molar-refractivity contribution in [2.24, 2.45) is 5.73 Å². The van der Waals surface area contributed by atoms with Crippen LogP contribution in [-0.4, -0.2) is 30.3 Å². The lowest BCUT2D eigenvalue weighted by atomic mass is 9.96. The van der Waals surface area contributed by atoms with Gasteiger partial charge in [-0.15, -0.1) is 0 Å². The summed E-state index contributed by atoms with van der Waals surface area (Å²) in [4.78, 5) is 3.97. The van der Waals surface area contributed by atoms with E-state index in [9.17, 15) is 0 Å². The van der Waals surface area contributed by atoms with Gasteiger partial charge in [0.1, 0.15) is 5.60 Å². The van der Waals surface area contributed by atoms with Crippen LogP contribution in [0.2, 0.25) is 0 Å². The van der Waals surface area contributed by atoms with E-state index in [0.717, 1.165) is 25.0 Å². The number of hydrogen-bond donors (Lipinski definition) is 1. The van der Waals surface area contributed by atoms with Crippen LogP contribution in [0.15, 0.2) is 24.5 Å². The SMILES string of the molecule is NCC1(OCc2ccncc2)CCCOC1. The molecule has 88 valence electrons. The first-order valence-corrected chi connectivity index (χ1v) is 5.65. The van der Waals surface area contributed by atoms with Gasteiger partial charge in [-0.1, -0.05) is 0 Å². The summed E-state index contributed by atoms with van der Waals surface area (Å²) in [6.07, 6.45) is 5.54. The first-order valence-electron chi connectivity index (χ1n) is 5.65. The fourth-order valence-corrected chi connectivity index (χ4v) is 1.88. The Hall–Kier alpha value is -0.970. The van der Waals surface area contributed by atoms with Crippen molar-refractivity contribution < 1.29 is 9.47 Å². The van der Waals surface area contributed by atoms with Crippen LogP contribution in [0.3, 0.4) is 0 Å². The number of aromatic nitrogens is 1. The summed E-state index contributed by atoms with van der Waals surface area (Å²) >= 11 is 0. The standard InChI is InChI=1S/C12H18N2O2/c13-9-12(4-1-7-15-10-12)16-8-11-2-5-14-6-3-11/h2-3,5-6H,1,4,7-10,13H2. The van der Waals surface area contributed by atoms with E-state index in [0.29, 0.717) is 19.8 Å². The third-order valence-electron chi connectivity index (χ3n) is 2.95. The monoisotopic (exact) mass is 222 g/mol. The first kappa shape index (κ1) is 11.5. The highest BCUT2D eigenvalue weighted by molar-refractivity contribution is 5.08. The lowest BCUT2D eigenvalue weighted by Gasteiger charge is -2.35. The molecule has 0 bridgehead atoms.